The number of halogens is 1. The van der Waals surface area contributed by atoms with Gasteiger partial charge in [-0.15, -0.1) is 0 Å². The van der Waals surface area contributed by atoms with E-state index in [-0.39, 0.29) is 11.7 Å². The van der Waals surface area contributed by atoms with Crippen molar-refractivity contribution in [1.29, 1.82) is 0 Å². The van der Waals surface area contributed by atoms with E-state index in [1.165, 1.54) is 12.1 Å². The highest BCUT2D eigenvalue weighted by molar-refractivity contribution is 5.95. The van der Waals surface area contributed by atoms with Gasteiger partial charge in [0.2, 0.25) is 0 Å². The van der Waals surface area contributed by atoms with Crippen LogP contribution in [0.4, 0.5) is 10.1 Å². The average molecular weight is 299 g/mol. The number of aromatic nitrogens is 1. The average Bonchev–Trinajstić information content (AvgIpc) is 2.56. The first-order valence-electron chi connectivity index (χ1n) is 7.35. The molecule has 1 saturated heterocycles. The van der Waals surface area contributed by atoms with Crippen molar-refractivity contribution in [2.45, 2.75) is 6.92 Å². The number of nitrogens with zero attached hydrogens (tertiary/aromatic N) is 3. The Balaban J connectivity index is 1.65. The van der Waals surface area contributed by atoms with Gasteiger partial charge >= 0.3 is 0 Å². The quantitative estimate of drug-likeness (QED) is 0.855. The van der Waals surface area contributed by atoms with Gasteiger partial charge in [-0.05, 0) is 42.8 Å². The van der Waals surface area contributed by atoms with Gasteiger partial charge in [0.1, 0.15) is 5.82 Å². The van der Waals surface area contributed by atoms with Crippen molar-refractivity contribution in [2.75, 3.05) is 31.1 Å². The summed E-state index contributed by atoms with van der Waals surface area (Å²) in [7, 11) is 0. The van der Waals surface area contributed by atoms with Gasteiger partial charge in [-0.1, -0.05) is 0 Å². The van der Waals surface area contributed by atoms with E-state index in [2.05, 4.69) is 9.88 Å². The standard InChI is InChI=1S/C17H18FN3O/c1-13-6-7-19-12-16(13)17(22)21-10-8-20(9-11-21)15-4-2-14(18)3-5-15/h2-7,12H,8-11H2,1H3. The molecule has 0 unspecified atom stereocenters. The summed E-state index contributed by atoms with van der Waals surface area (Å²) in [5.41, 5.74) is 2.60. The van der Waals surface area contributed by atoms with E-state index in [1.807, 2.05) is 17.9 Å². The minimum Gasteiger partial charge on any atom is -0.368 e. The van der Waals surface area contributed by atoms with Crippen LogP contribution in [0.25, 0.3) is 0 Å². The Morgan fingerprint density at radius 2 is 1.77 bits per heavy atom. The van der Waals surface area contributed by atoms with Crippen molar-refractivity contribution < 1.29 is 9.18 Å². The van der Waals surface area contributed by atoms with Crippen LogP contribution in [0.3, 0.4) is 0 Å². The van der Waals surface area contributed by atoms with E-state index < -0.39 is 0 Å². The molecular formula is C17H18FN3O. The van der Waals surface area contributed by atoms with E-state index in [0.717, 1.165) is 24.3 Å². The second-order valence-corrected chi connectivity index (χ2v) is 5.45. The molecule has 3 rings (SSSR count). The second-order valence-electron chi connectivity index (χ2n) is 5.45. The molecule has 0 atom stereocenters. The SMILES string of the molecule is Cc1ccncc1C(=O)N1CCN(c2ccc(F)cc2)CC1. The Morgan fingerprint density at radius 3 is 2.41 bits per heavy atom. The molecule has 1 aromatic carbocycles. The smallest absolute Gasteiger partial charge is 0.255 e. The molecule has 4 nitrogen and oxygen atoms in total. The van der Waals surface area contributed by atoms with E-state index in [0.29, 0.717) is 18.7 Å². The van der Waals surface area contributed by atoms with Crippen molar-refractivity contribution >= 4 is 11.6 Å². The predicted molar refractivity (Wildman–Crippen MR) is 83.5 cm³/mol. The summed E-state index contributed by atoms with van der Waals surface area (Å²) in [6, 6.07) is 8.33. The number of pyridine rings is 1. The van der Waals surface area contributed by atoms with Crippen molar-refractivity contribution in [3.63, 3.8) is 0 Å². The van der Waals surface area contributed by atoms with Crippen LogP contribution < -0.4 is 4.90 Å². The molecular weight excluding hydrogens is 281 g/mol. The molecule has 0 bridgehead atoms. The number of carbonyl (C=O) groups is 1. The fraction of sp³-hybridized carbons (Fsp3) is 0.294. The van der Waals surface area contributed by atoms with Crippen LogP contribution in [-0.2, 0) is 0 Å². The maximum atomic E-state index is 13.0. The normalized spacial score (nSPS) is 15.0. The topological polar surface area (TPSA) is 36.4 Å². The van der Waals surface area contributed by atoms with Gasteiger partial charge in [0.25, 0.3) is 5.91 Å². The summed E-state index contributed by atoms with van der Waals surface area (Å²) in [5.74, 6) is -0.200. The number of carbonyl (C=O) groups excluding carboxylic acids is 1. The Bertz CT molecular complexity index is 664. The van der Waals surface area contributed by atoms with E-state index in [4.69, 9.17) is 0 Å². The number of anilines is 1. The van der Waals surface area contributed by atoms with Crippen molar-refractivity contribution in [1.82, 2.24) is 9.88 Å². The van der Waals surface area contributed by atoms with Crippen molar-refractivity contribution in [2.24, 2.45) is 0 Å². The van der Waals surface area contributed by atoms with Crippen LogP contribution in [0.1, 0.15) is 15.9 Å². The number of hydrogen-bond acceptors (Lipinski definition) is 3. The maximum absolute atomic E-state index is 13.0. The molecule has 2 aromatic rings. The van der Waals surface area contributed by atoms with Gasteiger partial charge in [0.05, 0.1) is 5.56 Å². The molecule has 22 heavy (non-hydrogen) atoms. The van der Waals surface area contributed by atoms with Gasteiger partial charge in [-0.25, -0.2) is 4.39 Å². The highest BCUT2D eigenvalue weighted by atomic mass is 19.1. The van der Waals surface area contributed by atoms with Gasteiger partial charge in [0, 0.05) is 44.3 Å². The lowest BCUT2D eigenvalue weighted by Crippen LogP contribution is -2.49. The molecule has 114 valence electrons. The minimum absolute atomic E-state index is 0.0318. The first kappa shape index (κ1) is 14.5. The molecule has 5 heteroatoms. The predicted octanol–water partition coefficient (Wildman–Crippen LogP) is 2.49. The third-order valence-electron chi connectivity index (χ3n) is 4.03. The Labute approximate surface area is 129 Å². The molecule has 2 heterocycles. The lowest BCUT2D eigenvalue weighted by Gasteiger charge is -2.36. The number of rotatable bonds is 2. The molecule has 0 aliphatic carbocycles. The molecule has 1 aromatic heterocycles. The summed E-state index contributed by atoms with van der Waals surface area (Å²) in [5, 5.41) is 0. The van der Waals surface area contributed by atoms with Crippen LogP contribution >= 0.6 is 0 Å². The number of piperazine rings is 1. The largest absolute Gasteiger partial charge is 0.368 e. The Kier molecular flexibility index (Phi) is 4.04. The third kappa shape index (κ3) is 2.93. The Morgan fingerprint density at radius 1 is 1.09 bits per heavy atom. The van der Waals surface area contributed by atoms with Crippen LogP contribution in [-0.4, -0.2) is 42.0 Å². The number of aryl methyl sites for hydroxylation is 1. The first-order chi connectivity index (χ1) is 10.6. The highest BCUT2D eigenvalue weighted by Gasteiger charge is 2.23. The summed E-state index contributed by atoms with van der Waals surface area (Å²) < 4.78 is 13.0. The van der Waals surface area contributed by atoms with Crippen LogP contribution in [0.5, 0.6) is 0 Å². The number of amides is 1. The van der Waals surface area contributed by atoms with Gasteiger partial charge in [-0.3, -0.25) is 9.78 Å². The first-order valence-corrected chi connectivity index (χ1v) is 7.35. The molecule has 0 N–H and O–H groups in total. The lowest BCUT2D eigenvalue weighted by molar-refractivity contribution is 0.0745. The van der Waals surface area contributed by atoms with Crippen LogP contribution in [0.2, 0.25) is 0 Å². The zero-order valence-electron chi connectivity index (χ0n) is 12.5. The summed E-state index contributed by atoms with van der Waals surface area (Å²) >= 11 is 0. The molecule has 0 spiro atoms. The summed E-state index contributed by atoms with van der Waals surface area (Å²) in [6.07, 6.45) is 3.32. The zero-order valence-corrected chi connectivity index (χ0v) is 12.5. The fourth-order valence-electron chi connectivity index (χ4n) is 2.68. The highest BCUT2D eigenvalue weighted by Crippen LogP contribution is 2.18. The molecule has 0 radical (unpaired) electrons. The molecule has 1 aliphatic rings. The fourth-order valence-corrected chi connectivity index (χ4v) is 2.68. The second kappa shape index (κ2) is 6.13. The zero-order chi connectivity index (χ0) is 15.5. The van der Waals surface area contributed by atoms with Crippen LogP contribution in [0, 0.1) is 12.7 Å². The third-order valence-corrected chi connectivity index (χ3v) is 4.03. The van der Waals surface area contributed by atoms with Gasteiger partial charge in [-0.2, -0.15) is 0 Å². The minimum atomic E-state index is -0.232. The van der Waals surface area contributed by atoms with Gasteiger partial charge < -0.3 is 9.80 Å². The van der Waals surface area contributed by atoms with E-state index >= 15 is 0 Å². The monoisotopic (exact) mass is 299 g/mol. The lowest BCUT2D eigenvalue weighted by atomic mass is 10.1. The van der Waals surface area contributed by atoms with Crippen molar-refractivity contribution in [3.8, 4) is 0 Å². The van der Waals surface area contributed by atoms with E-state index in [1.54, 1.807) is 24.5 Å². The number of benzene rings is 1. The summed E-state index contributed by atoms with van der Waals surface area (Å²) in [4.78, 5) is 20.6. The molecule has 1 amide bonds. The van der Waals surface area contributed by atoms with Gasteiger partial charge in [0.15, 0.2) is 0 Å². The Hall–Kier alpha value is -2.43. The van der Waals surface area contributed by atoms with Crippen molar-refractivity contribution in [3.05, 3.63) is 59.7 Å². The van der Waals surface area contributed by atoms with Crippen LogP contribution in [0.15, 0.2) is 42.7 Å². The van der Waals surface area contributed by atoms with E-state index in [9.17, 15) is 9.18 Å². The number of hydrogen-bond donors (Lipinski definition) is 0. The maximum Gasteiger partial charge on any atom is 0.255 e. The molecule has 0 saturated carbocycles. The molecule has 1 aliphatic heterocycles. The summed E-state index contributed by atoms with van der Waals surface area (Å²) in [6.45, 7) is 4.73. The molecule has 1 fully saturated rings.